The van der Waals surface area contributed by atoms with E-state index in [0.717, 1.165) is 42.2 Å². The molecule has 0 aliphatic carbocycles. The van der Waals surface area contributed by atoms with Crippen LogP contribution in [0.4, 0.5) is 4.39 Å². The van der Waals surface area contributed by atoms with E-state index >= 15 is 0 Å². The van der Waals surface area contributed by atoms with E-state index in [2.05, 4.69) is 15.6 Å². The van der Waals surface area contributed by atoms with E-state index in [1.807, 2.05) is 94.7 Å². The van der Waals surface area contributed by atoms with Crippen LogP contribution >= 0.6 is 22.7 Å². The Balaban J connectivity index is 0.802. The number of aryl methyl sites for hydroxylation is 1. The highest BCUT2D eigenvalue weighted by atomic mass is 32.1. The second-order valence-electron chi connectivity index (χ2n) is 17.1. The molecular formula is C50H55FN4O8S2. The van der Waals surface area contributed by atoms with Crippen LogP contribution in [-0.2, 0) is 23.9 Å². The molecule has 3 amide bonds. The molecule has 4 aromatic carbocycles. The van der Waals surface area contributed by atoms with Crippen molar-refractivity contribution in [3.63, 3.8) is 0 Å². The Kier molecular flexibility index (Phi) is 15.5. The summed E-state index contributed by atoms with van der Waals surface area (Å²) in [5, 5.41) is 16.9. The van der Waals surface area contributed by atoms with E-state index in [4.69, 9.17) is 18.9 Å². The quantitative estimate of drug-likeness (QED) is 0.0676. The third-order valence-corrected chi connectivity index (χ3v) is 13.3. The van der Waals surface area contributed by atoms with Crippen LogP contribution in [0.5, 0.6) is 23.0 Å². The number of halogens is 1. The minimum Gasteiger partial charge on any atom is -0.508 e. The Morgan fingerprint density at radius 3 is 2.28 bits per heavy atom. The zero-order valence-corrected chi connectivity index (χ0v) is 38.9. The number of aromatic hydroxyl groups is 1. The lowest BCUT2D eigenvalue weighted by Crippen LogP contribution is -2.58. The molecule has 2 aromatic heterocycles. The van der Waals surface area contributed by atoms with Gasteiger partial charge in [-0.15, -0.1) is 22.7 Å². The second kappa shape index (κ2) is 21.4. The fourth-order valence-corrected chi connectivity index (χ4v) is 9.61. The number of nitrogens with zero attached hydrogens (tertiary/aromatic N) is 2. The molecule has 1 aliphatic heterocycles. The van der Waals surface area contributed by atoms with Gasteiger partial charge in [-0.1, -0.05) is 57.2 Å². The van der Waals surface area contributed by atoms with Gasteiger partial charge in [0.2, 0.25) is 17.7 Å². The number of thiazole rings is 1. The summed E-state index contributed by atoms with van der Waals surface area (Å²) in [4.78, 5) is 48.5. The van der Waals surface area contributed by atoms with Crippen molar-refractivity contribution in [1.29, 1.82) is 0 Å². The molecule has 15 heteroatoms. The number of phenols is 1. The molecule has 6 aromatic rings. The molecule has 342 valence electrons. The van der Waals surface area contributed by atoms with Crippen molar-refractivity contribution in [2.45, 2.75) is 72.0 Å². The van der Waals surface area contributed by atoms with Gasteiger partial charge in [0.1, 0.15) is 41.8 Å². The number of nitrogens with one attached hydrogen (secondary N) is 2. The summed E-state index contributed by atoms with van der Waals surface area (Å²) in [5.41, 5.74) is 5.04. The van der Waals surface area contributed by atoms with Crippen molar-refractivity contribution < 1.29 is 42.8 Å². The molecule has 1 fully saturated rings. The molecule has 0 bridgehead atoms. The van der Waals surface area contributed by atoms with Crippen molar-refractivity contribution in [2.24, 2.45) is 5.41 Å². The Labute approximate surface area is 386 Å². The average molecular weight is 923 g/mol. The molecule has 1 unspecified atom stereocenters. The van der Waals surface area contributed by atoms with Gasteiger partial charge in [0.15, 0.2) is 5.75 Å². The zero-order valence-electron chi connectivity index (χ0n) is 37.2. The van der Waals surface area contributed by atoms with Gasteiger partial charge in [-0.05, 0) is 103 Å². The number of hydrogen-bond acceptors (Lipinski definition) is 11. The van der Waals surface area contributed by atoms with Gasteiger partial charge in [0.05, 0.1) is 46.8 Å². The predicted molar refractivity (Wildman–Crippen MR) is 252 cm³/mol. The maximum Gasteiger partial charge on any atom is 0.246 e. The maximum atomic E-state index is 14.0. The van der Waals surface area contributed by atoms with E-state index in [0.29, 0.717) is 56.3 Å². The number of amides is 3. The lowest BCUT2D eigenvalue weighted by atomic mass is 9.85. The average Bonchev–Trinajstić information content (AvgIpc) is 4.04. The number of carbonyl (C=O) groups excluding carboxylic acids is 3. The van der Waals surface area contributed by atoms with E-state index in [1.54, 1.807) is 40.5 Å². The number of hydrogen-bond donors (Lipinski definition) is 3. The van der Waals surface area contributed by atoms with Gasteiger partial charge in [-0.25, -0.2) is 9.37 Å². The third-order valence-electron chi connectivity index (χ3n) is 11.1. The number of benzene rings is 4. The van der Waals surface area contributed by atoms with Crippen molar-refractivity contribution in [2.75, 3.05) is 39.6 Å². The topological polar surface area (TPSA) is 149 Å². The van der Waals surface area contributed by atoms with Crippen molar-refractivity contribution >= 4 is 50.5 Å². The minimum atomic E-state index is -0.856. The number of phenolic OH excluding ortho intramolecular Hbond substituents is 1. The number of carbonyl (C=O) groups is 3. The summed E-state index contributed by atoms with van der Waals surface area (Å²) in [7, 11) is 0. The molecule has 1 saturated heterocycles. The highest BCUT2D eigenvalue weighted by Gasteiger charge is 2.42. The molecule has 3 atom stereocenters. The first-order valence-electron chi connectivity index (χ1n) is 21.7. The largest absolute Gasteiger partial charge is 0.508 e. The van der Waals surface area contributed by atoms with Crippen LogP contribution in [0.3, 0.4) is 0 Å². The van der Waals surface area contributed by atoms with Gasteiger partial charge < -0.3 is 39.6 Å². The van der Waals surface area contributed by atoms with E-state index < -0.39 is 23.4 Å². The van der Waals surface area contributed by atoms with Crippen molar-refractivity contribution in [3.05, 3.63) is 114 Å². The Morgan fingerprint density at radius 1 is 0.877 bits per heavy atom. The molecule has 0 spiro atoms. The second-order valence-corrected chi connectivity index (χ2v) is 19.0. The highest BCUT2D eigenvalue weighted by Crippen LogP contribution is 2.47. The number of ether oxygens (including phenoxy) is 4. The normalized spacial score (nSPS) is 14.9. The van der Waals surface area contributed by atoms with Crippen LogP contribution in [0.2, 0.25) is 0 Å². The van der Waals surface area contributed by atoms with Crippen molar-refractivity contribution in [1.82, 2.24) is 20.5 Å². The van der Waals surface area contributed by atoms with E-state index in [-0.39, 0.29) is 49.2 Å². The van der Waals surface area contributed by atoms with Gasteiger partial charge in [0.25, 0.3) is 0 Å². The molecule has 0 radical (unpaired) electrons. The van der Waals surface area contributed by atoms with Crippen LogP contribution < -0.4 is 20.1 Å². The van der Waals surface area contributed by atoms with Crippen molar-refractivity contribution in [3.8, 4) is 43.9 Å². The molecule has 65 heavy (non-hydrogen) atoms. The summed E-state index contributed by atoms with van der Waals surface area (Å²) in [6.07, 6.45) is 1.86. The number of aromatic nitrogens is 1. The minimum absolute atomic E-state index is 0.154. The standard InChI is InChI=1S/C50H55FN4O8S2/c1-31(33-9-11-34(12-10-33)45-32(2)52-30-64-45)53-48(58)41-8-6-23-55(41)49(59)47(50(3,4)5)54-43(57)29-61-27-26-60-24-7-25-62-38-18-20-39(21-19-38)63-44-40-22-17-37(56)28-42(40)65-46(44)35-13-15-36(51)16-14-35/h9-22,28,30-31,41,47,56H,6-8,23-27,29H2,1-5H3,(H,53,58)(H,54,57)/t31-,41-,47?/m0/s1. The first-order valence-corrected chi connectivity index (χ1v) is 23.4. The number of fused-ring (bicyclic) bond motifs is 1. The van der Waals surface area contributed by atoms with Crippen LogP contribution in [-0.4, -0.2) is 84.4 Å². The summed E-state index contributed by atoms with van der Waals surface area (Å²) >= 11 is 3.05. The molecule has 0 saturated carbocycles. The monoisotopic (exact) mass is 922 g/mol. The van der Waals surface area contributed by atoms with E-state index in [9.17, 15) is 23.9 Å². The molecule has 3 N–H and O–H groups in total. The summed E-state index contributed by atoms with van der Waals surface area (Å²) in [6, 6.07) is 24.9. The van der Waals surface area contributed by atoms with Gasteiger partial charge in [-0.3, -0.25) is 14.4 Å². The van der Waals surface area contributed by atoms with Crippen LogP contribution in [0, 0.1) is 18.2 Å². The van der Waals surface area contributed by atoms with Crippen LogP contribution in [0.15, 0.2) is 96.5 Å². The summed E-state index contributed by atoms with van der Waals surface area (Å²) in [5.74, 6) is 0.779. The SMILES string of the molecule is Cc1ncsc1-c1ccc([C@H](C)NC(=O)[C@@H]2CCCN2C(=O)C(NC(=O)COCCOCCCOc2ccc(Oc3c(-c4ccc(F)cc4)sc4cc(O)ccc34)cc2)C(C)(C)C)cc1. The summed E-state index contributed by atoms with van der Waals surface area (Å²) < 4.78 is 38.0. The lowest BCUT2D eigenvalue weighted by Gasteiger charge is -2.35. The predicted octanol–water partition coefficient (Wildman–Crippen LogP) is 9.84. The summed E-state index contributed by atoms with van der Waals surface area (Å²) in [6.45, 7) is 11.1. The van der Waals surface area contributed by atoms with Gasteiger partial charge >= 0.3 is 0 Å². The molecular weight excluding hydrogens is 868 g/mol. The number of rotatable bonds is 19. The molecule has 7 rings (SSSR count). The zero-order chi connectivity index (χ0) is 46.1. The molecule has 1 aliphatic rings. The Morgan fingerprint density at radius 2 is 1.57 bits per heavy atom. The first kappa shape index (κ1) is 47.1. The molecule has 12 nitrogen and oxygen atoms in total. The van der Waals surface area contributed by atoms with Crippen LogP contribution in [0.1, 0.15) is 64.3 Å². The van der Waals surface area contributed by atoms with Crippen LogP contribution in [0.25, 0.3) is 31.0 Å². The molecule has 3 heterocycles. The maximum absolute atomic E-state index is 14.0. The Hall–Kier alpha value is -5.87. The smallest absolute Gasteiger partial charge is 0.246 e. The van der Waals surface area contributed by atoms with E-state index in [1.165, 1.54) is 23.5 Å². The Bertz CT molecular complexity index is 2560. The highest BCUT2D eigenvalue weighted by molar-refractivity contribution is 7.22. The third kappa shape index (κ3) is 12.1. The fraction of sp³-hybridized carbons (Fsp3) is 0.360. The first-order chi connectivity index (χ1) is 31.2. The fourth-order valence-electron chi connectivity index (χ4n) is 7.63. The van der Waals surface area contributed by atoms with Gasteiger partial charge in [-0.2, -0.15) is 0 Å². The number of thiophene rings is 1. The van der Waals surface area contributed by atoms with Gasteiger partial charge in [0, 0.05) is 29.7 Å². The number of likely N-dealkylation sites (tertiary alicyclic amines) is 1. The lowest BCUT2D eigenvalue weighted by molar-refractivity contribution is -0.144.